The molecule has 1 fully saturated rings. The van der Waals surface area contributed by atoms with E-state index < -0.39 is 0 Å². The van der Waals surface area contributed by atoms with E-state index in [1.165, 1.54) is 37.8 Å². The zero-order chi connectivity index (χ0) is 12.4. The third kappa shape index (κ3) is 2.25. The molecule has 0 atom stereocenters. The lowest BCUT2D eigenvalue weighted by molar-refractivity contribution is 0.436. The van der Waals surface area contributed by atoms with Crippen molar-refractivity contribution >= 4 is 5.65 Å². The number of aromatic nitrogens is 3. The summed E-state index contributed by atoms with van der Waals surface area (Å²) in [7, 11) is 0. The topological polar surface area (TPSA) is 56.2 Å². The molecule has 0 amide bonds. The molecule has 0 unspecified atom stereocenters. The van der Waals surface area contributed by atoms with E-state index in [4.69, 9.17) is 5.73 Å². The summed E-state index contributed by atoms with van der Waals surface area (Å²) < 4.78 is 2.00. The Bertz CT molecular complexity index is 526. The summed E-state index contributed by atoms with van der Waals surface area (Å²) in [6.45, 7) is 0.646. The third-order valence-corrected chi connectivity index (χ3v) is 3.84. The molecule has 1 aliphatic carbocycles. The van der Waals surface area contributed by atoms with Gasteiger partial charge in [0.2, 0.25) is 0 Å². The molecule has 1 aliphatic rings. The molecule has 3 rings (SSSR count). The summed E-state index contributed by atoms with van der Waals surface area (Å²) in [6.07, 6.45) is 11.4. The Kier molecular flexibility index (Phi) is 3.28. The van der Waals surface area contributed by atoms with Gasteiger partial charge in [-0.15, -0.1) is 0 Å². The van der Waals surface area contributed by atoms with E-state index in [9.17, 15) is 0 Å². The molecule has 4 nitrogen and oxygen atoms in total. The summed E-state index contributed by atoms with van der Waals surface area (Å²) in [5, 5.41) is 0. The molecule has 2 aromatic heterocycles. The predicted molar refractivity (Wildman–Crippen MR) is 71.6 cm³/mol. The van der Waals surface area contributed by atoms with Crippen LogP contribution in [0.15, 0.2) is 18.6 Å². The Hall–Kier alpha value is -1.42. The maximum Gasteiger partial charge on any atom is 0.140 e. The molecule has 18 heavy (non-hydrogen) atoms. The molecule has 0 aliphatic heterocycles. The average molecular weight is 244 g/mol. The van der Waals surface area contributed by atoms with Crippen LogP contribution in [0.2, 0.25) is 0 Å². The molecule has 0 aromatic carbocycles. The number of hydrogen-bond donors (Lipinski definition) is 1. The molecule has 0 bridgehead atoms. The van der Waals surface area contributed by atoms with Crippen LogP contribution in [-0.4, -0.2) is 20.9 Å². The highest BCUT2D eigenvalue weighted by molar-refractivity contribution is 5.41. The Morgan fingerprint density at radius 2 is 2.11 bits per heavy atom. The van der Waals surface area contributed by atoms with Crippen molar-refractivity contribution in [2.24, 2.45) is 5.73 Å². The average Bonchev–Trinajstić information content (AvgIpc) is 2.81. The van der Waals surface area contributed by atoms with E-state index in [0.717, 1.165) is 17.8 Å². The lowest BCUT2D eigenvalue weighted by Gasteiger charge is -2.20. The minimum absolute atomic E-state index is 0.637. The van der Waals surface area contributed by atoms with Gasteiger partial charge in [-0.1, -0.05) is 19.3 Å². The largest absolute Gasteiger partial charge is 0.330 e. The molecule has 2 aromatic rings. The number of nitrogens with zero attached hydrogens (tertiary/aromatic N) is 3. The second-order valence-corrected chi connectivity index (χ2v) is 5.19. The SMILES string of the molecule is NCCc1cn2cnc(C3CCCCC3)cc2n1. The van der Waals surface area contributed by atoms with Crippen LogP contribution in [0.5, 0.6) is 0 Å². The van der Waals surface area contributed by atoms with Crippen LogP contribution in [0.25, 0.3) is 5.65 Å². The first-order chi connectivity index (χ1) is 8.86. The molecule has 4 heteroatoms. The van der Waals surface area contributed by atoms with Crippen molar-refractivity contribution in [1.82, 2.24) is 14.4 Å². The van der Waals surface area contributed by atoms with Crippen LogP contribution in [0.1, 0.15) is 49.4 Å². The number of nitrogens with two attached hydrogens (primary N) is 1. The van der Waals surface area contributed by atoms with Crippen LogP contribution in [0.4, 0.5) is 0 Å². The van der Waals surface area contributed by atoms with Crippen LogP contribution >= 0.6 is 0 Å². The van der Waals surface area contributed by atoms with Crippen molar-refractivity contribution in [3.63, 3.8) is 0 Å². The van der Waals surface area contributed by atoms with Crippen LogP contribution in [0, 0.1) is 0 Å². The first-order valence-corrected chi connectivity index (χ1v) is 6.90. The summed E-state index contributed by atoms with van der Waals surface area (Å²) in [5.74, 6) is 0.637. The van der Waals surface area contributed by atoms with Crippen molar-refractivity contribution in [3.05, 3.63) is 30.0 Å². The van der Waals surface area contributed by atoms with Gasteiger partial charge in [0.05, 0.1) is 5.69 Å². The number of fused-ring (bicyclic) bond motifs is 1. The highest BCUT2D eigenvalue weighted by Crippen LogP contribution is 2.31. The second-order valence-electron chi connectivity index (χ2n) is 5.19. The van der Waals surface area contributed by atoms with Crippen molar-refractivity contribution in [3.8, 4) is 0 Å². The van der Waals surface area contributed by atoms with E-state index in [1.807, 2.05) is 16.9 Å². The van der Waals surface area contributed by atoms with Crippen LogP contribution < -0.4 is 5.73 Å². The molecule has 0 spiro atoms. The number of rotatable bonds is 3. The minimum Gasteiger partial charge on any atom is -0.330 e. The fourth-order valence-electron chi connectivity index (χ4n) is 2.85. The van der Waals surface area contributed by atoms with Gasteiger partial charge < -0.3 is 5.73 Å². The molecule has 2 heterocycles. The lowest BCUT2D eigenvalue weighted by Crippen LogP contribution is -2.07. The molecular weight excluding hydrogens is 224 g/mol. The maximum absolute atomic E-state index is 5.56. The van der Waals surface area contributed by atoms with Crippen molar-refractivity contribution < 1.29 is 0 Å². The normalized spacial score (nSPS) is 17.4. The second kappa shape index (κ2) is 5.06. The quantitative estimate of drug-likeness (QED) is 0.901. The van der Waals surface area contributed by atoms with E-state index in [-0.39, 0.29) is 0 Å². The fraction of sp³-hybridized carbons (Fsp3) is 0.571. The first-order valence-electron chi connectivity index (χ1n) is 6.90. The molecule has 0 saturated heterocycles. The van der Waals surface area contributed by atoms with Gasteiger partial charge in [0, 0.05) is 30.3 Å². The van der Waals surface area contributed by atoms with E-state index in [0.29, 0.717) is 12.5 Å². The van der Waals surface area contributed by atoms with E-state index in [2.05, 4.69) is 16.0 Å². The van der Waals surface area contributed by atoms with Gasteiger partial charge >= 0.3 is 0 Å². The zero-order valence-electron chi connectivity index (χ0n) is 10.7. The monoisotopic (exact) mass is 244 g/mol. The standard InChI is InChI=1S/C14H20N4/c15-7-6-12-9-18-10-16-13(8-14(18)17-12)11-4-2-1-3-5-11/h8-11H,1-7,15H2. The van der Waals surface area contributed by atoms with Crippen molar-refractivity contribution in [2.45, 2.75) is 44.4 Å². The molecular formula is C14H20N4. The van der Waals surface area contributed by atoms with Crippen LogP contribution in [-0.2, 0) is 6.42 Å². The maximum atomic E-state index is 5.56. The van der Waals surface area contributed by atoms with Gasteiger partial charge in [0.15, 0.2) is 0 Å². The summed E-state index contributed by atoms with van der Waals surface area (Å²) >= 11 is 0. The Balaban J connectivity index is 1.89. The van der Waals surface area contributed by atoms with Gasteiger partial charge in [-0.25, -0.2) is 9.97 Å². The highest BCUT2D eigenvalue weighted by atomic mass is 15.0. The lowest BCUT2D eigenvalue weighted by atomic mass is 9.87. The number of hydrogen-bond acceptors (Lipinski definition) is 3. The summed E-state index contributed by atoms with van der Waals surface area (Å²) in [5.41, 5.74) is 8.84. The summed E-state index contributed by atoms with van der Waals surface area (Å²) in [6, 6.07) is 2.15. The fourth-order valence-corrected chi connectivity index (χ4v) is 2.85. The van der Waals surface area contributed by atoms with Crippen molar-refractivity contribution in [1.29, 1.82) is 0 Å². The smallest absolute Gasteiger partial charge is 0.140 e. The molecule has 1 saturated carbocycles. The van der Waals surface area contributed by atoms with Crippen molar-refractivity contribution in [2.75, 3.05) is 6.54 Å². The molecule has 0 radical (unpaired) electrons. The molecule has 96 valence electrons. The van der Waals surface area contributed by atoms with Gasteiger partial charge in [0.1, 0.15) is 12.0 Å². The van der Waals surface area contributed by atoms with Crippen LogP contribution in [0.3, 0.4) is 0 Å². The van der Waals surface area contributed by atoms with Gasteiger partial charge in [-0.05, 0) is 19.4 Å². The Labute approximate surface area is 107 Å². The third-order valence-electron chi connectivity index (χ3n) is 3.84. The molecule has 2 N–H and O–H groups in total. The van der Waals surface area contributed by atoms with Gasteiger partial charge in [0.25, 0.3) is 0 Å². The zero-order valence-corrected chi connectivity index (χ0v) is 10.7. The van der Waals surface area contributed by atoms with E-state index in [1.54, 1.807) is 0 Å². The van der Waals surface area contributed by atoms with Gasteiger partial charge in [-0.2, -0.15) is 0 Å². The Morgan fingerprint density at radius 3 is 2.89 bits per heavy atom. The minimum atomic E-state index is 0.637. The number of imidazole rings is 1. The predicted octanol–water partition coefficient (Wildman–Crippen LogP) is 2.28. The van der Waals surface area contributed by atoms with Gasteiger partial charge in [-0.3, -0.25) is 4.40 Å². The highest BCUT2D eigenvalue weighted by Gasteiger charge is 2.17. The summed E-state index contributed by atoms with van der Waals surface area (Å²) in [4.78, 5) is 9.20. The van der Waals surface area contributed by atoms with E-state index >= 15 is 0 Å². The Morgan fingerprint density at radius 1 is 1.28 bits per heavy atom. The first kappa shape index (κ1) is 11.7.